The van der Waals surface area contributed by atoms with Crippen molar-refractivity contribution in [2.75, 3.05) is 26.9 Å². The number of allylic oxidation sites excluding steroid dienone is 1. The van der Waals surface area contributed by atoms with Gasteiger partial charge in [-0.15, -0.1) is 0 Å². The van der Waals surface area contributed by atoms with Gasteiger partial charge in [-0.3, -0.25) is 4.79 Å². The Hall–Kier alpha value is -3.40. The van der Waals surface area contributed by atoms with Crippen molar-refractivity contribution >= 4 is 11.9 Å². The van der Waals surface area contributed by atoms with Gasteiger partial charge in [-0.1, -0.05) is 12.1 Å². The average Bonchev–Trinajstić information content (AvgIpc) is 3.09. The van der Waals surface area contributed by atoms with Crippen LogP contribution in [0.15, 0.2) is 41.7 Å². The second-order valence-corrected chi connectivity index (χ2v) is 11.6. The van der Waals surface area contributed by atoms with E-state index in [0.29, 0.717) is 5.56 Å². The van der Waals surface area contributed by atoms with Gasteiger partial charge in [0.25, 0.3) is 0 Å². The highest BCUT2D eigenvalue weighted by atomic mass is 16.8. The van der Waals surface area contributed by atoms with Crippen molar-refractivity contribution in [3.63, 3.8) is 0 Å². The predicted octanol–water partition coefficient (Wildman–Crippen LogP) is -2.81. The predicted molar refractivity (Wildman–Crippen MR) is 159 cm³/mol. The number of benzene rings is 1. The Bertz CT molecular complexity index is 1350. The summed E-state index contributed by atoms with van der Waals surface area (Å²) < 4.78 is 37.9. The van der Waals surface area contributed by atoms with E-state index in [-0.39, 0.29) is 35.7 Å². The summed E-state index contributed by atoms with van der Waals surface area (Å²) in [7, 11) is 1.11. The maximum Gasteiger partial charge on any atom is 0.337 e. The summed E-state index contributed by atoms with van der Waals surface area (Å²) in [5.74, 6) is -3.47. The van der Waals surface area contributed by atoms with Crippen LogP contribution in [0.5, 0.6) is 11.5 Å². The Morgan fingerprint density at radius 2 is 1.53 bits per heavy atom. The molecule has 0 saturated carbocycles. The number of aliphatic hydroxyl groups excluding tert-OH is 7. The van der Waals surface area contributed by atoms with E-state index in [1.165, 1.54) is 18.2 Å². The van der Waals surface area contributed by atoms with Crippen LogP contribution < -0.4 is 0 Å². The molecular formula is C31H42O18. The van der Waals surface area contributed by atoms with Crippen LogP contribution in [-0.2, 0) is 49.2 Å². The smallest absolute Gasteiger partial charge is 0.337 e. The molecule has 0 amide bonds. The number of hydrogen-bond acceptors (Lipinski definition) is 18. The quantitative estimate of drug-likeness (QED) is 0.0604. The summed E-state index contributed by atoms with van der Waals surface area (Å²) >= 11 is 0. The molecule has 2 saturated heterocycles. The van der Waals surface area contributed by atoms with Gasteiger partial charge in [-0.25, -0.2) is 4.79 Å². The lowest BCUT2D eigenvalue weighted by Crippen LogP contribution is -2.60. The van der Waals surface area contributed by atoms with Gasteiger partial charge in [0.1, 0.15) is 55.4 Å². The third-order valence-electron chi connectivity index (χ3n) is 8.39. The molecule has 1 aromatic rings. The van der Waals surface area contributed by atoms with Gasteiger partial charge in [-0.05, 0) is 31.0 Å². The molecule has 0 spiro atoms. The summed E-state index contributed by atoms with van der Waals surface area (Å²) in [6, 6.07) is 4.15. The van der Waals surface area contributed by atoms with Gasteiger partial charge >= 0.3 is 11.9 Å². The number of methoxy groups -OCH3 is 1. The Labute approximate surface area is 279 Å². The molecule has 3 heterocycles. The van der Waals surface area contributed by atoms with E-state index >= 15 is 0 Å². The first kappa shape index (κ1) is 38.4. The zero-order chi connectivity index (χ0) is 36.0. The number of carbonyl (C=O) groups is 2. The molecule has 18 heteroatoms. The molecule has 3 aliphatic heterocycles. The fourth-order valence-corrected chi connectivity index (χ4v) is 5.54. The first-order valence-electron chi connectivity index (χ1n) is 15.3. The van der Waals surface area contributed by atoms with E-state index in [1.54, 1.807) is 13.0 Å². The number of phenols is 2. The molecule has 3 aliphatic rings. The Balaban J connectivity index is 1.39. The van der Waals surface area contributed by atoms with Gasteiger partial charge in [0.2, 0.25) is 6.29 Å². The van der Waals surface area contributed by atoms with Crippen molar-refractivity contribution in [3.05, 3.63) is 47.2 Å². The van der Waals surface area contributed by atoms with Gasteiger partial charge in [0.05, 0.1) is 38.6 Å². The van der Waals surface area contributed by atoms with Crippen molar-refractivity contribution in [1.29, 1.82) is 0 Å². The molecule has 0 aliphatic carbocycles. The van der Waals surface area contributed by atoms with E-state index < -0.39 is 105 Å². The van der Waals surface area contributed by atoms with Crippen LogP contribution in [-0.4, -0.2) is 153 Å². The van der Waals surface area contributed by atoms with Crippen molar-refractivity contribution in [2.45, 2.75) is 87.5 Å². The van der Waals surface area contributed by atoms with Gasteiger partial charge in [0.15, 0.2) is 24.1 Å². The number of carbonyl (C=O) groups excluding carboxylic acids is 2. The van der Waals surface area contributed by atoms with Gasteiger partial charge in [0, 0.05) is 11.5 Å². The van der Waals surface area contributed by atoms with E-state index in [1.807, 2.05) is 0 Å². The molecule has 12 atom stereocenters. The topological polar surface area (TPSA) is 281 Å². The van der Waals surface area contributed by atoms with Crippen LogP contribution in [0.4, 0.5) is 0 Å². The van der Waals surface area contributed by atoms with E-state index in [4.69, 9.17) is 33.2 Å². The Morgan fingerprint density at radius 3 is 2.16 bits per heavy atom. The molecule has 18 nitrogen and oxygen atoms in total. The number of ether oxygens (including phenoxy) is 7. The Morgan fingerprint density at radius 1 is 0.878 bits per heavy atom. The molecule has 1 aromatic carbocycles. The first-order chi connectivity index (χ1) is 23.3. The van der Waals surface area contributed by atoms with E-state index in [9.17, 15) is 55.5 Å². The summed E-state index contributed by atoms with van der Waals surface area (Å²) in [5, 5.41) is 90.5. The number of aromatic hydroxyl groups is 2. The molecule has 0 bridgehead atoms. The maximum absolute atomic E-state index is 13.1. The first-order valence-corrected chi connectivity index (χ1v) is 15.3. The number of phenolic OH excluding ortho intramolecular Hbond substituents is 2. The fourth-order valence-electron chi connectivity index (χ4n) is 5.54. The summed E-state index contributed by atoms with van der Waals surface area (Å²) in [4.78, 5) is 25.7. The van der Waals surface area contributed by atoms with Crippen molar-refractivity contribution in [2.24, 2.45) is 5.92 Å². The maximum atomic E-state index is 13.1. The van der Waals surface area contributed by atoms with Crippen LogP contribution >= 0.6 is 0 Å². The molecule has 0 aromatic heterocycles. The lowest BCUT2D eigenvalue weighted by molar-refractivity contribution is -0.327. The van der Waals surface area contributed by atoms with Crippen LogP contribution in [0.2, 0.25) is 0 Å². The third kappa shape index (κ3) is 8.86. The highest BCUT2D eigenvalue weighted by Crippen LogP contribution is 2.36. The van der Waals surface area contributed by atoms with Crippen molar-refractivity contribution in [1.82, 2.24) is 0 Å². The van der Waals surface area contributed by atoms with Crippen LogP contribution in [0.1, 0.15) is 18.9 Å². The number of esters is 2. The lowest BCUT2D eigenvalue weighted by Gasteiger charge is -2.42. The highest BCUT2D eigenvalue weighted by molar-refractivity contribution is 5.90. The van der Waals surface area contributed by atoms with Crippen LogP contribution in [0.3, 0.4) is 0 Å². The number of rotatable bonds is 12. The Kier molecular flexibility index (Phi) is 13.3. The summed E-state index contributed by atoms with van der Waals surface area (Å²) in [6.07, 6.45) is -15.1. The molecule has 9 N–H and O–H groups in total. The third-order valence-corrected chi connectivity index (χ3v) is 8.39. The van der Waals surface area contributed by atoms with Crippen LogP contribution in [0.25, 0.3) is 0 Å². The number of aliphatic hydroxyl groups is 7. The summed E-state index contributed by atoms with van der Waals surface area (Å²) in [5.41, 5.74) is 0.658. The molecular weight excluding hydrogens is 660 g/mol. The lowest BCUT2D eigenvalue weighted by atomic mass is 9.86. The SMILES string of the molecule is CC=C1C(OC2OC(CO)C(O)C(O)C2O)OC=C(C(=O)OC)C1CC(=O)OCC1OC(OCCc2ccc(O)c(O)c2)C(O)C(O)C1O. The second kappa shape index (κ2) is 17.0. The standard InChI is InChI=1S/C31H42O18/c1-3-14-15(16(28(42)43-2)11-46-29(14)49-31-27(41)24(38)22(36)19(10-32)47-31)9-21(35)45-12-20-23(37)25(39)26(40)30(48-20)44-7-6-13-4-5-17(33)18(34)8-13/h3-5,8,11,15,19-20,22-27,29-34,36-41H,6-7,9-10,12H2,1-2H3. The zero-order valence-corrected chi connectivity index (χ0v) is 26.5. The second-order valence-electron chi connectivity index (χ2n) is 11.6. The zero-order valence-electron chi connectivity index (χ0n) is 26.5. The minimum absolute atomic E-state index is 0.0633. The molecule has 4 rings (SSSR count). The minimum atomic E-state index is -1.77. The van der Waals surface area contributed by atoms with Gasteiger partial charge in [-0.2, -0.15) is 0 Å². The minimum Gasteiger partial charge on any atom is -0.504 e. The van der Waals surface area contributed by atoms with E-state index in [2.05, 4.69) is 0 Å². The molecule has 2 fully saturated rings. The fraction of sp³-hybridized carbons (Fsp3) is 0.613. The monoisotopic (exact) mass is 702 g/mol. The largest absolute Gasteiger partial charge is 0.504 e. The van der Waals surface area contributed by atoms with Crippen molar-refractivity contribution < 1.29 is 88.7 Å². The normalized spacial score (nSPS) is 35.7. The van der Waals surface area contributed by atoms with E-state index in [0.717, 1.165) is 13.4 Å². The van der Waals surface area contributed by atoms with Crippen LogP contribution in [0, 0.1) is 5.92 Å². The number of hydrogen-bond donors (Lipinski definition) is 9. The molecule has 12 unspecified atom stereocenters. The molecule has 49 heavy (non-hydrogen) atoms. The molecule has 274 valence electrons. The summed E-state index contributed by atoms with van der Waals surface area (Å²) in [6.45, 7) is 0.170. The van der Waals surface area contributed by atoms with Gasteiger partial charge < -0.3 is 79.1 Å². The molecule has 0 radical (unpaired) electrons. The highest BCUT2D eigenvalue weighted by Gasteiger charge is 2.48. The average molecular weight is 703 g/mol. The van der Waals surface area contributed by atoms with Crippen molar-refractivity contribution in [3.8, 4) is 11.5 Å².